The van der Waals surface area contributed by atoms with E-state index in [2.05, 4.69) is 10.9 Å². The van der Waals surface area contributed by atoms with E-state index < -0.39 is 5.60 Å². The number of nitrogens with one attached hydrogen (secondary N) is 2. The first-order valence-electron chi connectivity index (χ1n) is 11.2. The van der Waals surface area contributed by atoms with E-state index in [0.717, 1.165) is 0 Å². The number of nitrogens with zero attached hydrogens (tertiary/aromatic N) is 2. The van der Waals surface area contributed by atoms with E-state index in [9.17, 15) is 19.2 Å². The molecule has 1 atom stereocenters. The lowest BCUT2D eigenvalue weighted by Crippen LogP contribution is -2.50. The second kappa shape index (κ2) is 15.0. The van der Waals surface area contributed by atoms with E-state index in [1.165, 1.54) is 4.90 Å². The number of hydrazine groups is 1. The zero-order chi connectivity index (χ0) is 24.8. The largest absolute Gasteiger partial charge is 0.325 e. The number of quaternary nitrogens is 1. The van der Waals surface area contributed by atoms with Gasteiger partial charge in [-0.15, -0.1) is 0 Å². The Kier molecular flexibility index (Phi) is 15.2. The highest BCUT2D eigenvalue weighted by Gasteiger charge is 2.37. The Morgan fingerprint density at radius 1 is 1.13 bits per heavy atom. The SMILES string of the molecule is CC.CC.CNNC(=O)CCC(C)(C)OC[N+](C)(C)C(=O)CCN1C(=O)CC(C)C1=O. The van der Waals surface area contributed by atoms with Crippen molar-refractivity contribution in [2.24, 2.45) is 5.92 Å². The average molecular weight is 446 g/mol. The molecule has 0 radical (unpaired) electrons. The molecule has 182 valence electrons. The summed E-state index contributed by atoms with van der Waals surface area (Å²) < 4.78 is 5.85. The third-order valence-corrected chi connectivity index (χ3v) is 4.69. The summed E-state index contributed by atoms with van der Waals surface area (Å²) in [6.45, 7) is 13.7. The summed E-state index contributed by atoms with van der Waals surface area (Å²) >= 11 is 0. The molecule has 1 aliphatic rings. The van der Waals surface area contributed by atoms with Crippen LogP contribution in [0.5, 0.6) is 0 Å². The van der Waals surface area contributed by atoms with E-state index in [1.807, 2.05) is 41.5 Å². The molecule has 31 heavy (non-hydrogen) atoms. The van der Waals surface area contributed by atoms with Gasteiger partial charge in [-0.1, -0.05) is 34.6 Å². The molecule has 9 nitrogen and oxygen atoms in total. The highest BCUT2D eigenvalue weighted by atomic mass is 16.5. The number of carbonyl (C=O) groups excluding carboxylic acids is 4. The summed E-state index contributed by atoms with van der Waals surface area (Å²) in [5.41, 5.74) is 4.51. The van der Waals surface area contributed by atoms with Crippen LogP contribution in [-0.4, -0.2) is 73.0 Å². The van der Waals surface area contributed by atoms with Crippen LogP contribution < -0.4 is 10.9 Å². The first kappa shape index (κ1) is 31.3. The van der Waals surface area contributed by atoms with Gasteiger partial charge in [-0.2, -0.15) is 0 Å². The minimum absolute atomic E-state index is 0.0298. The van der Waals surface area contributed by atoms with E-state index in [-0.39, 0.29) is 60.1 Å². The summed E-state index contributed by atoms with van der Waals surface area (Å²) in [5, 5.41) is 0. The standard InChI is InChI=1S/C18H32N4O5.2C2H6/c1-13-11-15(24)21(17(13)26)10-8-16(25)22(5,6)12-27-18(2,3)9-7-14(23)20-19-4;2*1-2/h13,19H,7-12H2,1-6H3;2*1-2H3/p+1. The molecule has 2 N–H and O–H groups in total. The third kappa shape index (κ3) is 11.4. The number of carbonyl (C=O) groups is 4. The summed E-state index contributed by atoms with van der Waals surface area (Å²) in [7, 11) is 5.07. The molecule has 0 aromatic heterocycles. The van der Waals surface area contributed by atoms with Gasteiger partial charge in [-0.05, 0) is 20.3 Å². The van der Waals surface area contributed by atoms with Crippen LogP contribution in [0.3, 0.4) is 0 Å². The van der Waals surface area contributed by atoms with Gasteiger partial charge in [0, 0.05) is 32.4 Å². The number of amides is 4. The maximum absolute atomic E-state index is 12.6. The van der Waals surface area contributed by atoms with E-state index in [1.54, 1.807) is 28.1 Å². The molecule has 1 heterocycles. The molecule has 1 unspecified atom stereocenters. The first-order chi connectivity index (χ1) is 14.4. The number of ether oxygens (including phenoxy) is 1. The van der Waals surface area contributed by atoms with Gasteiger partial charge >= 0.3 is 5.91 Å². The van der Waals surface area contributed by atoms with E-state index >= 15 is 0 Å². The van der Waals surface area contributed by atoms with Gasteiger partial charge in [0.1, 0.15) is 0 Å². The van der Waals surface area contributed by atoms with Crippen LogP contribution in [0, 0.1) is 5.92 Å². The third-order valence-electron chi connectivity index (χ3n) is 4.69. The van der Waals surface area contributed by atoms with Crippen LogP contribution >= 0.6 is 0 Å². The zero-order valence-corrected chi connectivity index (χ0v) is 21.3. The zero-order valence-electron chi connectivity index (χ0n) is 21.3. The van der Waals surface area contributed by atoms with Crippen LogP contribution in [0.4, 0.5) is 0 Å². The van der Waals surface area contributed by atoms with Gasteiger partial charge < -0.3 is 4.74 Å². The lowest BCUT2D eigenvalue weighted by Gasteiger charge is -2.32. The number of likely N-dealkylation sites (tertiary alicyclic amines) is 1. The molecule has 4 amide bonds. The molecule has 0 aromatic rings. The fourth-order valence-corrected chi connectivity index (χ4v) is 2.69. The summed E-state index contributed by atoms with van der Waals surface area (Å²) in [4.78, 5) is 49.0. The van der Waals surface area contributed by atoms with Crippen LogP contribution in [-0.2, 0) is 23.9 Å². The molecule has 0 bridgehead atoms. The van der Waals surface area contributed by atoms with Crippen LogP contribution in [0.1, 0.15) is 74.1 Å². The minimum Gasteiger partial charge on any atom is -0.325 e. The van der Waals surface area contributed by atoms with Crippen LogP contribution in [0.25, 0.3) is 0 Å². The Bertz CT molecular complexity index is 590. The first-order valence-corrected chi connectivity index (χ1v) is 11.2. The molecular formula is C22H45N4O5+. The van der Waals surface area contributed by atoms with Crippen molar-refractivity contribution in [3.8, 4) is 0 Å². The molecule has 1 saturated heterocycles. The fourth-order valence-electron chi connectivity index (χ4n) is 2.69. The predicted octanol–water partition coefficient (Wildman–Crippen LogP) is 2.21. The van der Waals surface area contributed by atoms with E-state index in [0.29, 0.717) is 12.8 Å². The van der Waals surface area contributed by atoms with Crippen molar-refractivity contribution in [2.45, 2.75) is 79.8 Å². The molecule has 0 aromatic carbocycles. The number of hydrogen-bond acceptors (Lipinski definition) is 6. The highest BCUT2D eigenvalue weighted by Crippen LogP contribution is 2.21. The van der Waals surface area contributed by atoms with Crippen molar-refractivity contribution in [3.05, 3.63) is 0 Å². The topological polar surface area (TPSA) is 105 Å². The van der Waals surface area contributed by atoms with Crippen LogP contribution in [0.2, 0.25) is 0 Å². The lowest BCUT2D eigenvalue weighted by atomic mass is 10.0. The number of hydrogen-bond donors (Lipinski definition) is 2. The van der Waals surface area contributed by atoms with Crippen molar-refractivity contribution >= 4 is 23.6 Å². The van der Waals surface area contributed by atoms with Crippen molar-refractivity contribution in [1.82, 2.24) is 15.8 Å². The van der Waals surface area contributed by atoms with Gasteiger partial charge in [0.2, 0.25) is 17.7 Å². The smallest absolute Gasteiger partial charge is 0.316 e. The maximum Gasteiger partial charge on any atom is 0.316 e. The molecule has 0 spiro atoms. The highest BCUT2D eigenvalue weighted by molar-refractivity contribution is 6.03. The van der Waals surface area contributed by atoms with Gasteiger partial charge in [-0.3, -0.25) is 24.7 Å². The molecule has 1 rings (SSSR count). The second-order valence-electron chi connectivity index (χ2n) is 8.15. The Hall–Kier alpha value is -1.84. The fraction of sp³-hybridized carbons (Fsp3) is 0.818. The normalized spacial score (nSPS) is 16.2. The lowest BCUT2D eigenvalue weighted by molar-refractivity contribution is -0.838. The van der Waals surface area contributed by atoms with Gasteiger partial charge in [0.25, 0.3) is 0 Å². The Labute approximate surface area is 188 Å². The molecule has 1 fully saturated rings. The minimum atomic E-state index is -0.572. The Morgan fingerprint density at radius 2 is 1.68 bits per heavy atom. The van der Waals surface area contributed by atoms with Crippen molar-refractivity contribution < 1.29 is 28.4 Å². The monoisotopic (exact) mass is 445 g/mol. The van der Waals surface area contributed by atoms with Gasteiger partial charge in [0.15, 0.2) is 6.73 Å². The van der Waals surface area contributed by atoms with Crippen molar-refractivity contribution in [1.29, 1.82) is 0 Å². The summed E-state index contributed by atoms with van der Waals surface area (Å²) in [6, 6.07) is 0. The van der Waals surface area contributed by atoms with Crippen LogP contribution in [0.15, 0.2) is 0 Å². The molecule has 0 aliphatic carbocycles. The van der Waals surface area contributed by atoms with Gasteiger partial charge in [0.05, 0.1) is 26.1 Å². The Balaban J connectivity index is 0. The maximum atomic E-state index is 12.6. The predicted molar refractivity (Wildman–Crippen MR) is 121 cm³/mol. The molecule has 1 aliphatic heterocycles. The quantitative estimate of drug-likeness (QED) is 0.231. The molecule has 0 saturated carbocycles. The van der Waals surface area contributed by atoms with Crippen molar-refractivity contribution in [3.63, 3.8) is 0 Å². The average Bonchev–Trinajstić information content (AvgIpc) is 2.98. The number of imide groups is 1. The molecular weight excluding hydrogens is 400 g/mol. The van der Waals surface area contributed by atoms with E-state index in [4.69, 9.17) is 4.74 Å². The van der Waals surface area contributed by atoms with Crippen molar-refractivity contribution in [2.75, 3.05) is 34.4 Å². The summed E-state index contributed by atoms with van der Waals surface area (Å²) in [5.74, 6) is -0.996. The Morgan fingerprint density at radius 3 is 2.13 bits per heavy atom. The number of rotatable bonds is 10. The van der Waals surface area contributed by atoms with Gasteiger partial charge in [-0.25, -0.2) is 14.7 Å². The summed E-state index contributed by atoms with van der Waals surface area (Å²) in [6.07, 6.45) is 1.10. The molecule has 9 heteroatoms. The second-order valence-corrected chi connectivity index (χ2v) is 8.15.